The summed E-state index contributed by atoms with van der Waals surface area (Å²) in [6.07, 6.45) is 1.58. The number of amides is 1. The van der Waals surface area contributed by atoms with Gasteiger partial charge in [-0.15, -0.1) is 11.3 Å². The number of thiophene rings is 1. The van der Waals surface area contributed by atoms with Crippen LogP contribution < -0.4 is 10.1 Å². The molecule has 142 valence electrons. The summed E-state index contributed by atoms with van der Waals surface area (Å²) in [5.41, 5.74) is 2.24. The zero-order chi connectivity index (χ0) is 19.8. The number of hydrogen-bond donors (Lipinski definition) is 1. The maximum atomic E-state index is 12.9. The van der Waals surface area contributed by atoms with E-state index >= 15 is 0 Å². The van der Waals surface area contributed by atoms with E-state index in [9.17, 15) is 4.79 Å². The van der Waals surface area contributed by atoms with E-state index in [0.29, 0.717) is 32.9 Å². The fraction of sp³-hybridized carbons (Fsp3) is 0.150. The van der Waals surface area contributed by atoms with Crippen LogP contribution in [0.2, 0.25) is 5.02 Å². The molecule has 0 saturated heterocycles. The van der Waals surface area contributed by atoms with Crippen molar-refractivity contribution < 1.29 is 13.9 Å². The van der Waals surface area contributed by atoms with Crippen molar-refractivity contribution in [1.29, 1.82) is 0 Å². The summed E-state index contributed by atoms with van der Waals surface area (Å²) in [5, 5.41) is 4.19. The molecule has 0 radical (unpaired) electrons. The molecule has 3 heterocycles. The number of methoxy groups -OCH3 is 1. The molecule has 0 aliphatic heterocycles. The van der Waals surface area contributed by atoms with Gasteiger partial charge >= 0.3 is 0 Å². The van der Waals surface area contributed by atoms with Crippen molar-refractivity contribution in [2.45, 2.75) is 13.8 Å². The van der Waals surface area contributed by atoms with Crippen LogP contribution in [0.15, 0.2) is 41.0 Å². The quantitative estimate of drug-likeness (QED) is 0.479. The molecule has 0 saturated carbocycles. The predicted molar refractivity (Wildman–Crippen MR) is 111 cm³/mol. The summed E-state index contributed by atoms with van der Waals surface area (Å²) in [6.45, 7) is 3.80. The van der Waals surface area contributed by atoms with Gasteiger partial charge in [0.15, 0.2) is 11.6 Å². The van der Waals surface area contributed by atoms with Gasteiger partial charge in [0.2, 0.25) is 0 Å². The monoisotopic (exact) mass is 413 g/mol. The van der Waals surface area contributed by atoms with Gasteiger partial charge in [0.05, 0.1) is 29.0 Å². The van der Waals surface area contributed by atoms with E-state index in [2.05, 4.69) is 15.3 Å². The molecule has 4 rings (SSSR count). The zero-order valence-electron chi connectivity index (χ0n) is 15.4. The van der Waals surface area contributed by atoms with Crippen LogP contribution in [0.5, 0.6) is 5.75 Å². The SMILES string of the molecule is COc1ccc(NC(=O)c2sc3nc(-c4ccco4)nc(C)c3c2C)cc1Cl. The number of carbonyl (C=O) groups excluding carboxylic acids is 1. The second-order valence-electron chi connectivity index (χ2n) is 6.15. The van der Waals surface area contributed by atoms with Crippen molar-refractivity contribution in [2.75, 3.05) is 12.4 Å². The topological polar surface area (TPSA) is 77.2 Å². The van der Waals surface area contributed by atoms with Crippen molar-refractivity contribution in [1.82, 2.24) is 9.97 Å². The molecular weight excluding hydrogens is 398 g/mol. The van der Waals surface area contributed by atoms with E-state index in [1.54, 1.807) is 37.6 Å². The Kier molecular flexibility index (Phi) is 4.78. The molecular formula is C20H16ClN3O3S. The summed E-state index contributed by atoms with van der Waals surface area (Å²) in [5.74, 6) is 1.43. The number of rotatable bonds is 4. The number of furan rings is 1. The van der Waals surface area contributed by atoms with E-state index in [0.717, 1.165) is 21.5 Å². The summed E-state index contributed by atoms with van der Waals surface area (Å²) < 4.78 is 10.5. The molecule has 0 aliphatic carbocycles. The van der Waals surface area contributed by atoms with E-state index in [-0.39, 0.29) is 5.91 Å². The van der Waals surface area contributed by atoms with Crippen LogP contribution in [-0.2, 0) is 0 Å². The van der Waals surface area contributed by atoms with Crippen LogP contribution in [0.1, 0.15) is 20.9 Å². The van der Waals surface area contributed by atoms with E-state index in [4.69, 9.17) is 20.8 Å². The van der Waals surface area contributed by atoms with Crippen molar-refractivity contribution >= 4 is 44.7 Å². The number of aryl methyl sites for hydroxylation is 2. The Balaban J connectivity index is 1.70. The molecule has 8 heteroatoms. The van der Waals surface area contributed by atoms with E-state index < -0.39 is 0 Å². The van der Waals surface area contributed by atoms with Gasteiger partial charge in [0, 0.05) is 11.1 Å². The predicted octanol–water partition coefficient (Wildman–Crippen LogP) is 5.48. The maximum Gasteiger partial charge on any atom is 0.266 e. The standard InChI is InChI=1S/C20H16ClN3O3S/c1-10-16-11(2)22-18(15-5-4-8-27-15)24-20(16)28-17(10)19(25)23-12-6-7-14(26-3)13(21)9-12/h4-9H,1-3H3,(H,23,25). The van der Waals surface area contributed by atoms with Gasteiger partial charge in [-0.3, -0.25) is 4.79 Å². The van der Waals surface area contributed by atoms with Gasteiger partial charge in [-0.05, 0) is 49.7 Å². The third kappa shape index (κ3) is 3.23. The minimum absolute atomic E-state index is 0.222. The Morgan fingerprint density at radius 3 is 2.75 bits per heavy atom. The van der Waals surface area contributed by atoms with Crippen LogP contribution in [0, 0.1) is 13.8 Å². The smallest absolute Gasteiger partial charge is 0.266 e. The first-order valence-corrected chi connectivity index (χ1v) is 9.64. The number of carbonyl (C=O) groups is 1. The first kappa shape index (κ1) is 18.5. The first-order valence-electron chi connectivity index (χ1n) is 8.44. The second-order valence-corrected chi connectivity index (χ2v) is 7.56. The van der Waals surface area contributed by atoms with Crippen molar-refractivity contribution in [3.05, 3.63) is 57.8 Å². The minimum Gasteiger partial charge on any atom is -0.495 e. The average Bonchev–Trinajstić information content (AvgIpc) is 3.30. The number of ether oxygens (including phenoxy) is 1. The minimum atomic E-state index is -0.222. The molecule has 1 N–H and O–H groups in total. The molecule has 0 aliphatic rings. The lowest BCUT2D eigenvalue weighted by molar-refractivity contribution is 0.103. The highest BCUT2D eigenvalue weighted by Gasteiger charge is 2.20. The lowest BCUT2D eigenvalue weighted by Gasteiger charge is -2.07. The molecule has 0 atom stereocenters. The Hall–Kier alpha value is -2.90. The van der Waals surface area contributed by atoms with Gasteiger partial charge in [0.1, 0.15) is 10.6 Å². The number of benzene rings is 1. The van der Waals surface area contributed by atoms with Gasteiger partial charge in [-0.25, -0.2) is 9.97 Å². The van der Waals surface area contributed by atoms with Crippen LogP contribution in [0.3, 0.4) is 0 Å². The number of anilines is 1. The number of hydrogen-bond acceptors (Lipinski definition) is 6. The highest BCUT2D eigenvalue weighted by atomic mass is 35.5. The number of halogens is 1. The fourth-order valence-corrected chi connectivity index (χ4v) is 4.39. The van der Waals surface area contributed by atoms with Crippen molar-refractivity contribution in [3.63, 3.8) is 0 Å². The molecule has 28 heavy (non-hydrogen) atoms. The zero-order valence-corrected chi connectivity index (χ0v) is 16.9. The Morgan fingerprint density at radius 1 is 1.25 bits per heavy atom. The van der Waals surface area contributed by atoms with E-state index in [1.165, 1.54) is 11.3 Å². The molecule has 0 spiro atoms. The lowest BCUT2D eigenvalue weighted by atomic mass is 10.1. The lowest BCUT2D eigenvalue weighted by Crippen LogP contribution is -2.11. The largest absolute Gasteiger partial charge is 0.495 e. The molecule has 0 unspecified atom stereocenters. The summed E-state index contributed by atoms with van der Waals surface area (Å²) >= 11 is 7.47. The first-order chi connectivity index (χ1) is 13.5. The van der Waals surface area contributed by atoms with Gasteiger partial charge < -0.3 is 14.5 Å². The number of aromatic nitrogens is 2. The average molecular weight is 414 g/mol. The molecule has 6 nitrogen and oxygen atoms in total. The number of nitrogens with one attached hydrogen (secondary N) is 1. The third-order valence-electron chi connectivity index (χ3n) is 4.33. The Morgan fingerprint density at radius 2 is 2.07 bits per heavy atom. The third-order valence-corrected chi connectivity index (χ3v) is 5.81. The van der Waals surface area contributed by atoms with Gasteiger partial charge in [-0.1, -0.05) is 11.6 Å². The molecule has 4 aromatic rings. The van der Waals surface area contributed by atoms with Gasteiger partial charge in [0.25, 0.3) is 5.91 Å². The molecule has 3 aromatic heterocycles. The highest BCUT2D eigenvalue weighted by molar-refractivity contribution is 7.20. The van der Waals surface area contributed by atoms with Crippen LogP contribution in [0.25, 0.3) is 21.8 Å². The molecule has 0 bridgehead atoms. The Bertz CT molecular complexity index is 1190. The Labute approximate surface area is 170 Å². The molecule has 1 aromatic carbocycles. The van der Waals surface area contributed by atoms with Gasteiger partial charge in [-0.2, -0.15) is 0 Å². The summed E-state index contributed by atoms with van der Waals surface area (Å²) in [4.78, 5) is 23.3. The van der Waals surface area contributed by atoms with Crippen LogP contribution >= 0.6 is 22.9 Å². The fourth-order valence-electron chi connectivity index (χ4n) is 3.00. The van der Waals surface area contributed by atoms with E-state index in [1.807, 2.05) is 19.9 Å². The normalized spacial score (nSPS) is 11.0. The second kappa shape index (κ2) is 7.26. The summed E-state index contributed by atoms with van der Waals surface area (Å²) in [7, 11) is 1.54. The van der Waals surface area contributed by atoms with Crippen molar-refractivity contribution in [3.8, 4) is 17.3 Å². The van der Waals surface area contributed by atoms with Crippen molar-refractivity contribution in [2.24, 2.45) is 0 Å². The molecule has 0 fully saturated rings. The van der Waals surface area contributed by atoms with Crippen LogP contribution in [0.4, 0.5) is 5.69 Å². The summed E-state index contributed by atoms with van der Waals surface area (Å²) in [6, 6.07) is 8.70. The maximum absolute atomic E-state index is 12.9. The van der Waals surface area contributed by atoms with Crippen LogP contribution in [-0.4, -0.2) is 23.0 Å². The number of fused-ring (bicyclic) bond motifs is 1. The highest BCUT2D eigenvalue weighted by Crippen LogP contribution is 2.34. The number of nitrogens with zero attached hydrogens (tertiary/aromatic N) is 2. The molecule has 1 amide bonds.